The summed E-state index contributed by atoms with van der Waals surface area (Å²) in [5, 5.41) is 2.76. The quantitative estimate of drug-likeness (QED) is 0.464. The van der Waals surface area contributed by atoms with E-state index in [2.05, 4.69) is 5.32 Å². The second-order valence-electron chi connectivity index (χ2n) is 10.7. The van der Waals surface area contributed by atoms with Crippen molar-refractivity contribution in [3.8, 4) is 0 Å². The van der Waals surface area contributed by atoms with Crippen LogP contribution in [-0.4, -0.2) is 12.2 Å². The number of hydrogen-bond donors (Lipinski definition) is 1. The predicted molar refractivity (Wildman–Crippen MR) is 705 cm³/mol. The maximum Gasteiger partial charge on any atom is 0.229 e. The third kappa shape index (κ3) is 103. The highest BCUT2D eigenvalue weighted by atomic mass is 33.6. The minimum Gasteiger partial charge on any atom is -0.325 e. The Balaban J connectivity index is 0.00000567. The van der Waals surface area contributed by atoms with E-state index in [9.17, 15) is 9.59 Å². The number of rotatable bonds is 2. The van der Waals surface area contributed by atoms with Crippen LogP contribution in [0.1, 0.15) is 36.7 Å². The zero-order valence-corrected chi connectivity index (χ0v) is 117. The highest BCUT2D eigenvalue weighted by Crippen LogP contribution is 2.20. The molecular weight excluding hydrogens is 2990 g/mol. The molecule has 608 valence electrons. The van der Waals surface area contributed by atoms with Crippen molar-refractivity contribution in [3.05, 3.63) is 29.3 Å². The number of amides is 1. The van der Waals surface area contributed by atoms with Crippen LogP contribution in [0.15, 0.2) is 18.2 Å². The Labute approximate surface area is 847 Å². The predicted octanol–water partition coefficient (Wildman–Crippen LogP) is 2.58. The lowest BCUT2D eigenvalue weighted by Crippen LogP contribution is -2.28. The van der Waals surface area contributed by atoms with Gasteiger partial charge in [-0.15, -0.1) is 0 Å². The van der Waals surface area contributed by atoms with Gasteiger partial charge in [0, 0.05) is 788 Å². The van der Waals surface area contributed by atoms with Crippen LogP contribution in [0.4, 0.5) is 5.69 Å². The van der Waals surface area contributed by atoms with Gasteiger partial charge in [0.2, 0.25) is 5.91 Å². The van der Waals surface area contributed by atoms with Crippen molar-refractivity contribution in [3.63, 3.8) is 0 Å². The molecule has 0 aliphatic carbocycles. The first kappa shape index (κ1) is 121. The fourth-order valence-electron chi connectivity index (χ4n) is 2.14. The van der Waals surface area contributed by atoms with E-state index in [1.807, 2.05) is 664 Å². The molecule has 1 aromatic carbocycles. The highest BCUT2D eigenvalue weighted by Gasteiger charge is 2.21. The van der Waals surface area contributed by atoms with Gasteiger partial charge in [-0.1, -0.05) is 32.4 Å². The van der Waals surface area contributed by atoms with Crippen LogP contribution in [0.2, 0.25) is 0 Å². The molecule has 0 spiro atoms. The number of anilines is 1. The fraction of sp³-hybridized carbons (Fsp3) is 0.385. The molecule has 1 aromatic rings. The van der Waals surface area contributed by atoms with Crippen LogP contribution in [-0.2, 0) is 782 Å². The number of nitrogens with one attached hydrogen (secondary N) is 1. The van der Waals surface area contributed by atoms with Crippen LogP contribution in [0.5, 0.6) is 0 Å². The molecule has 0 aliphatic rings. The van der Waals surface area contributed by atoms with Crippen LogP contribution < -0.4 is 5.32 Å². The Morgan fingerprint density at radius 1 is 0.252 bits per heavy atom. The summed E-state index contributed by atoms with van der Waals surface area (Å²) in [6.45, 7) is 7.40. The van der Waals surface area contributed by atoms with Crippen LogP contribution in [0.3, 0.4) is 0 Å². The largest absolute Gasteiger partial charge is 0.325 e. The summed E-state index contributed by atoms with van der Waals surface area (Å²) < 4.78 is 0. The lowest BCUT2D eigenvalue weighted by atomic mass is 9.95. The topological polar surface area (TPSA) is 46.2 Å². The maximum atomic E-state index is 11.8. The van der Waals surface area contributed by atoms with Gasteiger partial charge in [0.1, 0.15) is 0 Å². The summed E-state index contributed by atoms with van der Waals surface area (Å²) in [5.41, 5.74) is 1.61. The minimum atomic E-state index is -0.467. The molecule has 0 saturated carbocycles. The van der Waals surface area contributed by atoms with E-state index in [1.54, 1.807) is 119 Å². The van der Waals surface area contributed by atoms with Gasteiger partial charge in [0.05, 0.1) is 5.69 Å². The van der Waals surface area contributed by atoms with Gasteiger partial charge in [-0.2, -0.15) is 0 Å². The number of carbonyl (C=O) groups excluding carboxylic acids is 2. The number of aldehydes is 1. The zero-order valence-electron chi connectivity index (χ0n) is 45.6. The van der Waals surface area contributed by atoms with Crippen molar-refractivity contribution in [1.82, 2.24) is 0 Å². The Kier molecular flexibility index (Phi) is 125. The van der Waals surface area contributed by atoms with E-state index in [-0.39, 0.29) is 5.91 Å². The van der Waals surface area contributed by atoms with Gasteiger partial charge < -0.3 is 5.32 Å². The molecular formula is C13H17NO2S87. The lowest BCUT2D eigenvalue weighted by Gasteiger charge is -2.18. The minimum absolute atomic E-state index is 0.0977. The summed E-state index contributed by atoms with van der Waals surface area (Å²) in [4.78, 5) is 22.6. The fourth-order valence-corrected chi connectivity index (χ4v) is 230. The molecule has 0 aliphatic heterocycles. The van der Waals surface area contributed by atoms with Crippen molar-refractivity contribution in [2.24, 2.45) is 5.41 Å². The molecule has 0 heterocycles. The smallest absolute Gasteiger partial charge is 0.229 e. The lowest BCUT2D eigenvalue weighted by molar-refractivity contribution is -0.123. The van der Waals surface area contributed by atoms with E-state index >= 15 is 0 Å². The van der Waals surface area contributed by atoms with Crippen molar-refractivity contribution in [2.75, 3.05) is 5.32 Å². The van der Waals surface area contributed by atoms with Crippen molar-refractivity contribution in [2.45, 2.75) is 27.7 Å². The molecule has 0 aromatic heterocycles. The van der Waals surface area contributed by atoms with Gasteiger partial charge in [-0.3, -0.25) is 9.59 Å². The number of hydrogen-bond acceptors (Lipinski definition) is 4. The summed E-state index contributed by atoms with van der Waals surface area (Å²) in [6.07, 6.45) is 0.755. The van der Waals surface area contributed by atoms with Crippen molar-refractivity contribution in [1.29, 1.82) is 0 Å². The zero-order chi connectivity index (χ0) is 74.4. The Morgan fingerprint density at radius 3 is 0.485 bits per heavy atom. The first-order valence-electron chi connectivity index (χ1n) is 19.5. The van der Waals surface area contributed by atoms with Crippen molar-refractivity contribution < 1.29 is 9.59 Å². The average Bonchev–Trinajstić information content (AvgIpc) is 0.854. The summed E-state index contributed by atoms with van der Waals surface area (Å²) >= 11 is 9.66. The third-order valence-corrected chi connectivity index (χ3v) is 191. The third-order valence-electron chi connectivity index (χ3n) is 4.60. The molecule has 0 saturated heterocycles. The summed E-state index contributed by atoms with van der Waals surface area (Å²) in [5.74, 6) is -0.0977. The Bertz CT molecular complexity index is 7220. The Morgan fingerprint density at radius 2 is 0.379 bits per heavy atom. The van der Waals surface area contributed by atoms with Gasteiger partial charge in [0.25, 0.3) is 0 Å². The van der Waals surface area contributed by atoms with Gasteiger partial charge in [-0.25, -0.2) is 0 Å². The molecule has 0 unspecified atom stereocenters. The standard InChI is InChI=1S/C13H17NO2.S87/c1-9-5-6-11(10(7-9)8-15)14-12(16)13(2,3)4;1-3-5-7-9-11-13-15-17-19-21-23-25-27-29-31-33-35-37-39-41-43-45-47-49-51-53-55-57-59-61-63-65-67-69-71-73-75-77-79-81-83-85-87-86-84-82-80-78-76-74-72-70-68-66-64-62-60-58-56-54-52-50-48-46-44-42-40-38-36-34-32-30-28-26-24-22-20-18-16-14-12-10-8-6-4-2/h5-8H,1-4H3,(H,14,16);. The second-order valence-corrected chi connectivity index (χ2v) is 161. The molecule has 1 N–H and O–H groups in total. The van der Waals surface area contributed by atoms with E-state index < -0.39 is 5.41 Å². The Hall–Kier alpha value is 17.5. The number of carbonyl (C=O) groups is 2. The van der Waals surface area contributed by atoms with E-state index in [0.717, 1.165) is 11.8 Å². The van der Waals surface area contributed by atoms with E-state index in [0.29, 0.717) is 11.3 Å². The monoisotopic (exact) mass is 3000 g/mol. The summed E-state index contributed by atoms with van der Waals surface area (Å²) in [6, 6.07) is 5.37. The van der Waals surface area contributed by atoms with Gasteiger partial charge >= 0.3 is 0 Å². The van der Waals surface area contributed by atoms with Gasteiger partial charge in [-0.05, 0) is 19.1 Å². The summed E-state index contributed by atoms with van der Waals surface area (Å²) in [7, 11) is 154. The van der Waals surface area contributed by atoms with E-state index in [1.165, 1.54) is 17.8 Å². The SMILES string of the molecule is Cc1ccc(NC(=O)C(C)(C)C)c(C=O)c1.S=S=S=S=S=S=S=S=S=S=S=S=S=S=S=S=S=S=S=S=S=S=S=S=S=S=S=S=S=S=S=S=S=S=S=S=S=S=S=S=S=S=S=S=S=S=S=S=S=S=S=S=S=S=S=S=S=S=S=S=S=S=S=S=S=S=S=S=S=S=S=S=S=S=S=S=S=S=S=S=S=S=S=S=S=S=S. The van der Waals surface area contributed by atoms with Crippen LogP contribution >= 0.6 is 0 Å². The maximum absolute atomic E-state index is 11.8. The normalized spacial score (nSPS) is 8.35. The van der Waals surface area contributed by atoms with E-state index in [4.69, 9.17) is 22.4 Å². The molecule has 0 radical (unpaired) electrons. The molecule has 90 heteroatoms. The molecule has 0 atom stereocenters. The van der Waals surface area contributed by atoms with Crippen molar-refractivity contribution >= 4 is 795 Å². The first-order chi connectivity index (χ1) is 50.8. The first-order valence-corrected chi connectivity index (χ1v) is 134. The number of aryl methyl sites for hydroxylation is 1. The molecule has 3 nitrogen and oxygen atoms in total. The second kappa shape index (κ2) is 107. The van der Waals surface area contributed by atoms with Crippen LogP contribution in [0.25, 0.3) is 0 Å². The van der Waals surface area contributed by atoms with Gasteiger partial charge in [0.15, 0.2) is 6.29 Å². The molecule has 0 bridgehead atoms. The molecule has 1 amide bonds. The van der Waals surface area contributed by atoms with Crippen LogP contribution in [0, 0.1) is 12.3 Å². The molecule has 0 fully saturated rings. The molecule has 103 heavy (non-hydrogen) atoms. The molecule has 1 rings (SSSR count). The highest BCUT2D eigenvalue weighted by molar-refractivity contribution is 8.86. The number of benzene rings is 1. The average molecular weight is 3010 g/mol.